The topological polar surface area (TPSA) is 64.3 Å². The fraction of sp³-hybridized carbons (Fsp3) is 0.273. The summed E-state index contributed by atoms with van der Waals surface area (Å²) in [6.07, 6.45) is 5.04. The molecule has 0 saturated heterocycles. The molecular formula is C22H20N2O2. The normalized spacial score (nSPS) is 21.2. The summed E-state index contributed by atoms with van der Waals surface area (Å²) in [5.41, 5.74) is 4.39. The molecule has 0 radical (unpaired) electrons. The van der Waals surface area contributed by atoms with Gasteiger partial charge in [-0.25, -0.2) is 4.79 Å². The standard InChI is InChI=1S/C22H20N2O2/c23-13-17(22(25)26)11-16-9-10-21-19(12-16)18-7-4-8-20(18)24(21)14-15-5-2-1-3-6-15/h1-3,5-6,9-12,18,20H,4,7-8,14H2,(H,25,26)/b17-11+. The number of benzene rings is 2. The Bertz CT molecular complexity index is 911. The number of carboxylic acid groups (broad SMARTS) is 1. The van der Waals surface area contributed by atoms with E-state index in [0.29, 0.717) is 12.0 Å². The number of nitriles is 1. The average molecular weight is 344 g/mol. The summed E-state index contributed by atoms with van der Waals surface area (Å²) in [5, 5.41) is 18.1. The van der Waals surface area contributed by atoms with Gasteiger partial charge in [0.25, 0.3) is 0 Å². The highest BCUT2D eigenvalue weighted by atomic mass is 16.4. The van der Waals surface area contributed by atoms with Gasteiger partial charge in [0.05, 0.1) is 0 Å². The van der Waals surface area contributed by atoms with Crippen molar-refractivity contribution in [2.24, 2.45) is 0 Å². The second-order valence-electron chi connectivity index (χ2n) is 7.01. The number of aliphatic carboxylic acids is 1. The van der Waals surface area contributed by atoms with E-state index in [2.05, 4.69) is 41.3 Å². The highest BCUT2D eigenvalue weighted by Gasteiger charge is 2.41. The molecule has 0 amide bonds. The quantitative estimate of drug-likeness (QED) is 0.662. The lowest BCUT2D eigenvalue weighted by Crippen LogP contribution is -2.30. The number of carboxylic acids is 1. The molecule has 2 aliphatic rings. The third-order valence-corrected chi connectivity index (χ3v) is 5.50. The molecule has 4 nitrogen and oxygen atoms in total. The molecule has 4 rings (SSSR count). The molecule has 2 aromatic rings. The van der Waals surface area contributed by atoms with Gasteiger partial charge in [-0.2, -0.15) is 5.26 Å². The van der Waals surface area contributed by atoms with Crippen LogP contribution in [-0.2, 0) is 11.3 Å². The van der Waals surface area contributed by atoms with Crippen LogP contribution < -0.4 is 4.90 Å². The van der Waals surface area contributed by atoms with Crippen LogP contribution in [0.2, 0.25) is 0 Å². The van der Waals surface area contributed by atoms with E-state index in [9.17, 15) is 4.79 Å². The van der Waals surface area contributed by atoms with Crippen LogP contribution >= 0.6 is 0 Å². The van der Waals surface area contributed by atoms with Crippen LogP contribution in [0.5, 0.6) is 0 Å². The summed E-state index contributed by atoms with van der Waals surface area (Å²) in [4.78, 5) is 13.6. The van der Waals surface area contributed by atoms with Gasteiger partial charge in [-0.05, 0) is 47.7 Å². The molecule has 0 bridgehead atoms. The fourth-order valence-electron chi connectivity index (χ4n) is 4.37. The molecule has 1 heterocycles. The van der Waals surface area contributed by atoms with Gasteiger partial charge in [0.15, 0.2) is 0 Å². The zero-order chi connectivity index (χ0) is 18.1. The Morgan fingerprint density at radius 1 is 1.23 bits per heavy atom. The van der Waals surface area contributed by atoms with Gasteiger partial charge < -0.3 is 10.0 Å². The van der Waals surface area contributed by atoms with E-state index in [1.54, 1.807) is 6.07 Å². The maximum absolute atomic E-state index is 11.1. The predicted molar refractivity (Wildman–Crippen MR) is 101 cm³/mol. The van der Waals surface area contributed by atoms with Crippen LogP contribution in [0, 0.1) is 11.3 Å². The number of hydrogen-bond acceptors (Lipinski definition) is 3. The average Bonchev–Trinajstić information content (AvgIpc) is 3.23. The van der Waals surface area contributed by atoms with Crippen molar-refractivity contribution in [1.82, 2.24) is 0 Å². The molecule has 2 aromatic carbocycles. The van der Waals surface area contributed by atoms with Gasteiger partial charge in [0.1, 0.15) is 11.6 Å². The first kappa shape index (κ1) is 16.4. The number of carbonyl (C=O) groups is 1. The molecule has 4 heteroatoms. The van der Waals surface area contributed by atoms with E-state index < -0.39 is 5.97 Å². The van der Waals surface area contributed by atoms with Crippen LogP contribution in [-0.4, -0.2) is 17.1 Å². The van der Waals surface area contributed by atoms with Crippen LogP contribution in [0.4, 0.5) is 5.69 Å². The minimum atomic E-state index is -1.18. The second kappa shape index (κ2) is 6.68. The van der Waals surface area contributed by atoms with E-state index in [1.807, 2.05) is 12.1 Å². The molecule has 1 aliphatic carbocycles. The fourth-order valence-corrected chi connectivity index (χ4v) is 4.37. The zero-order valence-electron chi connectivity index (χ0n) is 14.4. The lowest BCUT2D eigenvalue weighted by Gasteiger charge is -2.27. The summed E-state index contributed by atoms with van der Waals surface area (Å²) >= 11 is 0. The Labute approximate surface area is 153 Å². The van der Waals surface area contributed by atoms with Gasteiger partial charge in [-0.3, -0.25) is 0 Å². The van der Waals surface area contributed by atoms with Crippen molar-refractivity contribution in [3.63, 3.8) is 0 Å². The zero-order valence-corrected chi connectivity index (χ0v) is 14.4. The van der Waals surface area contributed by atoms with Crippen molar-refractivity contribution in [2.45, 2.75) is 37.8 Å². The van der Waals surface area contributed by atoms with E-state index >= 15 is 0 Å². The number of fused-ring (bicyclic) bond motifs is 3. The Balaban J connectivity index is 1.70. The van der Waals surface area contributed by atoms with Gasteiger partial charge in [-0.15, -0.1) is 0 Å². The van der Waals surface area contributed by atoms with E-state index in [4.69, 9.17) is 10.4 Å². The van der Waals surface area contributed by atoms with Crippen molar-refractivity contribution in [1.29, 1.82) is 5.26 Å². The summed E-state index contributed by atoms with van der Waals surface area (Å²) in [6.45, 7) is 0.892. The van der Waals surface area contributed by atoms with Gasteiger partial charge in [0, 0.05) is 24.2 Å². The Hall–Kier alpha value is -3.06. The maximum Gasteiger partial charge on any atom is 0.346 e. The highest BCUT2D eigenvalue weighted by molar-refractivity contribution is 5.96. The molecule has 1 N–H and O–H groups in total. The Morgan fingerprint density at radius 3 is 2.77 bits per heavy atom. The molecule has 26 heavy (non-hydrogen) atoms. The third kappa shape index (κ3) is 2.86. The lowest BCUT2D eigenvalue weighted by molar-refractivity contribution is -0.132. The summed E-state index contributed by atoms with van der Waals surface area (Å²) in [6, 6.07) is 18.8. The van der Waals surface area contributed by atoms with Crippen LogP contribution in [0.25, 0.3) is 6.08 Å². The highest BCUT2D eigenvalue weighted by Crippen LogP contribution is 2.50. The smallest absolute Gasteiger partial charge is 0.346 e. The molecule has 1 saturated carbocycles. The Kier molecular flexibility index (Phi) is 4.22. The molecule has 2 atom stereocenters. The largest absolute Gasteiger partial charge is 0.477 e. The summed E-state index contributed by atoms with van der Waals surface area (Å²) in [7, 11) is 0. The maximum atomic E-state index is 11.1. The van der Waals surface area contributed by atoms with E-state index in [-0.39, 0.29) is 5.57 Å². The first-order valence-electron chi connectivity index (χ1n) is 8.97. The number of anilines is 1. The molecular weight excluding hydrogens is 324 g/mol. The predicted octanol–water partition coefficient (Wildman–Crippen LogP) is 4.33. The van der Waals surface area contributed by atoms with Crippen molar-refractivity contribution < 1.29 is 9.90 Å². The molecule has 1 aliphatic heterocycles. The summed E-state index contributed by atoms with van der Waals surface area (Å²) in [5.74, 6) is -0.685. The van der Waals surface area contributed by atoms with E-state index in [0.717, 1.165) is 12.1 Å². The van der Waals surface area contributed by atoms with Crippen LogP contribution in [0.15, 0.2) is 54.1 Å². The molecule has 130 valence electrons. The van der Waals surface area contributed by atoms with Crippen molar-refractivity contribution >= 4 is 17.7 Å². The third-order valence-electron chi connectivity index (χ3n) is 5.50. The molecule has 1 fully saturated rings. The van der Waals surface area contributed by atoms with Gasteiger partial charge in [-0.1, -0.05) is 42.8 Å². The summed E-state index contributed by atoms with van der Waals surface area (Å²) < 4.78 is 0. The van der Waals surface area contributed by atoms with Crippen molar-refractivity contribution in [3.05, 3.63) is 70.8 Å². The van der Waals surface area contributed by atoms with Crippen LogP contribution in [0.3, 0.4) is 0 Å². The number of rotatable bonds is 4. The van der Waals surface area contributed by atoms with Crippen LogP contribution in [0.1, 0.15) is 41.9 Å². The number of hydrogen-bond donors (Lipinski definition) is 1. The number of nitrogens with zero attached hydrogens (tertiary/aromatic N) is 2. The van der Waals surface area contributed by atoms with Crippen molar-refractivity contribution in [2.75, 3.05) is 4.90 Å². The lowest BCUT2D eigenvalue weighted by atomic mass is 9.95. The molecule has 2 unspecified atom stereocenters. The first-order valence-corrected chi connectivity index (χ1v) is 8.97. The van der Waals surface area contributed by atoms with Gasteiger partial charge in [0.2, 0.25) is 0 Å². The Morgan fingerprint density at radius 2 is 2.04 bits per heavy atom. The minimum absolute atomic E-state index is 0.230. The molecule has 0 spiro atoms. The first-order chi connectivity index (χ1) is 12.7. The van der Waals surface area contributed by atoms with E-state index in [1.165, 1.54) is 42.2 Å². The molecule has 0 aromatic heterocycles. The minimum Gasteiger partial charge on any atom is -0.477 e. The van der Waals surface area contributed by atoms with Crippen molar-refractivity contribution in [3.8, 4) is 6.07 Å². The second-order valence-corrected chi connectivity index (χ2v) is 7.01. The SMILES string of the molecule is N#C/C(=C\c1ccc2c(c1)C1CCCC1N2Cc1ccccc1)C(=O)O. The monoisotopic (exact) mass is 344 g/mol. The van der Waals surface area contributed by atoms with Gasteiger partial charge >= 0.3 is 5.97 Å².